The molecule has 0 spiro atoms. The SMILES string of the molecule is CNc1cccc2c1C(=O)NC(=O)C2. The second-order valence-electron chi connectivity index (χ2n) is 3.14. The van der Waals surface area contributed by atoms with Crippen molar-refractivity contribution in [3.63, 3.8) is 0 Å². The van der Waals surface area contributed by atoms with E-state index in [2.05, 4.69) is 10.6 Å². The summed E-state index contributed by atoms with van der Waals surface area (Å²) in [6, 6.07) is 5.44. The zero-order chi connectivity index (χ0) is 10.1. The second-order valence-corrected chi connectivity index (χ2v) is 3.14. The topological polar surface area (TPSA) is 58.2 Å². The predicted octanol–water partition coefficient (Wildman–Crippen LogP) is 0.541. The highest BCUT2D eigenvalue weighted by Crippen LogP contribution is 2.22. The molecule has 2 amide bonds. The first-order chi connectivity index (χ1) is 6.72. The van der Waals surface area contributed by atoms with Crippen LogP contribution in [-0.2, 0) is 11.2 Å². The molecule has 4 nitrogen and oxygen atoms in total. The molecule has 0 atom stereocenters. The third-order valence-electron chi connectivity index (χ3n) is 2.25. The van der Waals surface area contributed by atoms with E-state index >= 15 is 0 Å². The minimum absolute atomic E-state index is 0.240. The van der Waals surface area contributed by atoms with Crippen LogP contribution in [0.15, 0.2) is 18.2 Å². The van der Waals surface area contributed by atoms with Crippen LogP contribution in [0.2, 0.25) is 0 Å². The molecule has 0 bridgehead atoms. The Labute approximate surface area is 81.3 Å². The van der Waals surface area contributed by atoms with E-state index in [0.717, 1.165) is 11.3 Å². The molecule has 1 heterocycles. The average Bonchev–Trinajstić information content (AvgIpc) is 2.16. The number of hydrogen-bond acceptors (Lipinski definition) is 3. The Bertz CT molecular complexity index is 413. The summed E-state index contributed by atoms with van der Waals surface area (Å²) in [5.41, 5.74) is 2.12. The van der Waals surface area contributed by atoms with Gasteiger partial charge in [0.25, 0.3) is 5.91 Å². The summed E-state index contributed by atoms with van der Waals surface area (Å²) in [6.07, 6.45) is 0.274. The molecule has 0 aliphatic carbocycles. The maximum atomic E-state index is 11.5. The Balaban J connectivity index is 2.58. The smallest absolute Gasteiger partial charge is 0.260 e. The molecule has 1 aromatic carbocycles. The van der Waals surface area contributed by atoms with Gasteiger partial charge in [-0.15, -0.1) is 0 Å². The molecular formula is C10H10N2O2. The van der Waals surface area contributed by atoms with Gasteiger partial charge < -0.3 is 5.32 Å². The molecule has 4 heteroatoms. The monoisotopic (exact) mass is 190 g/mol. The van der Waals surface area contributed by atoms with Gasteiger partial charge in [-0.05, 0) is 11.6 Å². The summed E-state index contributed by atoms with van der Waals surface area (Å²) in [4.78, 5) is 22.6. The highest BCUT2D eigenvalue weighted by atomic mass is 16.2. The molecule has 14 heavy (non-hydrogen) atoms. The number of anilines is 1. The second kappa shape index (κ2) is 3.14. The quantitative estimate of drug-likeness (QED) is 0.635. The minimum atomic E-state index is -0.318. The van der Waals surface area contributed by atoms with Crippen molar-refractivity contribution in [2.45, 2.75) is 6.42 Å². The van der Waals surface area contributed by atoms with Gasteiger partial charge in [0.2, 0.25) is 5.91 Å². The van der Waals surface area contributed by atoms with E-state index in [0.29, 0.717) is 5.56 Å². The lowest BCUT2D eigenvalue weighted by atomic mass is 9.98. The molecule has 72 valence electrons. The van der Waals surface area contributed by atoms with E-state index in [9.17, 15) is 9.59 Å². The van der Waals surface area contributed by atoms with Gasteiger partial charge in [-0.3, -0.25) is 14.9 Å². The van der Waals surface area contributed by atoms with Crippen LogP contribution in [-0.4, -0.2) is 18.9 Å². The zero-order valence-electron chi connectivity index (χ0n) is 7.76. The van der Waals surface area contributed by atoms with Crippen LogP contribution >= 0.6 is 0 Å². The number of rotatable bonds is 1. The fourth-order valence-electron chi connectivity index (χ4n) is 1.63. The first-order valence-electron chi connectivity index (χ1n) is 4.36. The predicted molar refractivity (Wildman–Crippen MR) is 52.2 cm³/mol. The van der Waals surface area contributed by atoms with E-state index in [1.54, 1.807) is 13.1 Å². The molecule has 1 aliphatic heterocycles. The lowest BCUT2D eigenvalue weighted by Crippen LogP contribution is -2.37. The van der Waals surface area contributed by atoms with E-state index < -0.39 is 0 Å². The van der Waals surface area contributed by atoms with Gasteiger partial charge in [0.15, 0.2) is 0 Å². The molecule has 0 radical (unpaired) electrons. The third-order valence-corrected chi connectivity index (χ3v) is 2.25. The standard InChI is InChI=1S/C10H10N2O2/c1-11-7-4-2-3-6-5-8(13)12-10(14)9(6)7/h2-4,11H,5H2,1H3,(H,12,13,14). The van der Waals surface area contributed by atoms with Gasteiger partial charge in [0.05, 0.1) is 12.0 Å². The maximum absolute atomic E-state index is 11.5. The fraction of sp³-hybridized carbons (Fsp3) is 0.200. The van der Waals surface area contributed by atoms with Gasteiger partial charge in [-0.25, -0.2) is 0 Å². The number of benzene rings is 1. The average molecular weight is 190 g/mol. The molecule has 0 fully saturated rings. The van der Waals surface area contributed by atoms with Crippen LogP contribution in [0, 0.1) is 0 Å². The number of hydrogen-bond donors (Lipinski definition) is 2. The normalized spacial score (nSPS) is 14.6. The number of carbonyl (C=O) groups is 2. The molecule has 0 aromatic heterocycles. The molecule has 1 aromatic rings. The lowest BCUT2D eigenvalue weighted by Gasteiger charge is -2.17. The van der Waals surface area contributed by atoms with Gasteiger partial charge in [0, 0.05) is 12.7 Å². The highest BCUT2D eigenvalue weighted by molar-refractivity contribution is 6.12. The van der Waals surface area contributed by atoms with Crippen LogP contribution in [0.25, 0.3) is 0 Å². The van der Waals surface area contributed by atoms with E-state index in [-0.39, 0.29) is 18.2 Å². The summed E-state index contributed by atoms with van der Waals surface area (Å²) in [5, 5.41) is 5.22. The molecule has 1 aliphatic rings. The number of imide groups is 1. The van der Waals surface area contributed by atoms with Crippen molar-refractivity contribution in [1.29, 1.82) is 0 Å². The van der Waals surface area contributed by atoms with Gasteiger partial charge in [0.1, 0.15) is 0 Å². The third kappa shape index (κ3) is 1.25. The van der Waals surface area contributed by atoms with E-state index in [1.165, 1.54) is 0 Å². The number of carbonyl (C=O) groups excluding carboxylic acids is 2. The first-order valence-corrected chi connectivity index (χ1v) is 4.36. The molecule has 2 N–H and O–H groups in total. The van der Waals surface area contributed by atoms with Crippen LogP contribution in [0.3, 0.4) is 0 Å². The summed E-state index contributed by atoms with van der Waals surface area (Å²) < 4.78 is 0. The minimum Gasteiger partial charge on any atom is -0.387 e. The van der Waals surface area contributed by atoms with Crippen LogP contribution in [0.5, 0.6) is 0 Å². The van der Waals surface area contributed by atoms with Crippen molar-refractivity contribution in [3.8, 4) is 0 Å². The van der Waals surface area contributed by atoms with Crippen LogP contribution < -0.4 is 10.6 Å². The van der Waals surface area contributed by atoms with Gasteiger partial charge in [-0.2, -0.15) is 0 Å². The number of fused-ring (bicyclic) bond motifs is 1. The Morgan fingerprint density at radius 3 is 2.86 bits per heavy atom. The van der Waals surface area contributed by atoms with Crippen molar-refractivity contribution in [2.75, 3.05) is 12.4 Å². The maximum Gasteiger partial charge on any atom is 0.260 e. The van der Waals surface area contributed by atoms with Crippen LogP contribution in [0.1, 0.15) is 15.9 Å². The fourth-order valence-corrected chi connectivity index (χ4v) is 1.63. The van der Waals surface area contributed by atoms with Gasteiger partial charge in [-0.1, -0.05) is 12.1 Å². The summed E-state index contributed by atoms with van der Waals surface area (Å²) in [5.74, 6) is -0.558. The Morgan fingerprint density at radius 1 is 1.36 bits per heavy atom. The van der Waals surface area contributed by atoms with E-state index in [1.807, 2.05) is 12.1 Å². The zero-order valence-corrected chi connectivity index (χ0v) is 7.76. The number of amides is 2. The van der Waals surface area contributed by atoms with Crippen LogP contribution in [0.4, 0.5) is 5.69 Å². The van der Waals surface area contributed by atoms with Crippen molar-refractivity contribution >= 4 is 17.5 Å². The van der Waals surface area contributed by atoms with Gasteiger partial charge >= 0.3 is 0 Å². The van der Waals surface area contributed by atoms with Crippen molar-refractivity contribution < 1.29 is 9.59 Å². The molecule has 0 saturated heterocycles. The van der Waals surface area contributed by atoms with Crippen molar-refractivity contribution in [3.05, 3.63) is 29.3 Å². The lowest BCUT2D eigenvalue weighted by molar-refractivity contribution is -0.119. The molecular weight excluding hydrogens is 180 g/mol. The molecule has 0 unspecified atom stereocenters. The number of nitrogens with one attached hydrogen (secondary N) is 2. The Kier molecular flexibility index (Phi) is 1.96. The summed E-state index contributed by atoms with van der Waals surface area (Å²) in [6.45, 7) is 0. The summed E-state index contributed by atoms with van der Waals surface area (Å²) in [7, 11) is 1.75. The van der Waals surface area contributed by atoms with Crippen molar-refractivity contribution in [2.24, 2.45) is 0 Å². The first kappa shape index (κ1) is 8.74. The molecule has 0 saturated carbocycles. The molecule has 2 rings (SSSR count). The summed E-state index contributed by atoms with van der Waals surface area (Å²) >= 11 is 0. The Morgan fingerprint density at radius 2 is 2.14 bits per heavy atom. The van der Waals surface area contributed by atoms with Crippen molar-refractivity contribution in [1.82, 2.24) is 5.32 Å². The largest absolute Gasteiger partial charge is 0.387 e. The van der Waals surface area contributed by atoms with E-state index in [4.69, 9.17) is 0 Å². The Hall–Kier alpha value is -1.84. The highest BCUT2D eigenvalue weighted by Gasteiger charge is 2.24.